The van der Waals surface area contributed by atoms with Crippen LogP contribution in [0.15, 0.2) is 48.7 Å². The lowest BCUT2D eigenvalue weighted by Gasteiger charge is -2.46. The molecule has 9 rings (SSSR count). The summed E-state index contributed by atoms with van der Waals surface area (Å²) >= 11 is 0. The van der Waals surface area contributed by atoms with Crippen LogP contribution < -0.4 is 25.2 Å². The van der Waals surface area contributed by atoms with Crippen LogP contribution in [0.25, 0.3) is 27.1 Å². The first kappa shape index (κ1) is 41.9. The Morgan fingerprint density at radius 2 is 1.71 bits per heavy atom. The maximum atomic E-state index is 15.4. The van der Waals surface area contributed by atoms with Crippen LogP contribution in [0.4, 0.5) is 26.1 Å². The highest BCUT2D eigenvalue weighted by Gasteiger charge is 2.36. The van der Waals surface area contributed by atoms with Gasteiger partial charge in [-0.25, -0.2) is 25.0 Å². The van der Waals surface area contributed by atoms with Crippen molar-refractivity contribution in [1.82, 2.24) is 34.5 Å². The van der Waals surface area contributed by atoms with Crippen molar-refractivity contribution in [3.8, 4) is 17.1 Å². The molecule has 0 unspecified atom stereocenters. The number of rotatable bonds is 5. The van der Waals surface area contributed by atoms with Crippen LogP contribution in [0.2, 0.25) is 0 Å². The Labute approximate surface area is 364 Å². The number of fused-ring (bicyclic) bond motifs is 7. The van der Waals surface area contributed by atoms with Crippen LogP contribution in [-0.2, 0) is 23.2 Å². The first-order valence-electron chi connectivity index (χ1n) is 21.8. The van der Waals surface area contributed by atoms with Crippen LogP contribution in [0, 0.1) is 31.0 Å². The highest BCUT2D eigenvalue weighted by Crippen LogP contribution is 2.36. The number of halogens is 2. The molecular weight excluding hydrogens is 809 g/mol. The Balaban J connectivity index is 0.912. The molecule has 2 bridgehead atoms. The smallest absolute Gasteiger partial charge is 0.258 e. The molecule has 0 radical (unpaired) electrons. The standard InChI is InChI=1S/C46H51F2N11O4/c1-27-6-5-17-63-45-35(24-50-55(45)4)39-19-29(18-28(2)51-39)43(61)54-46-52-38-9-7-31(22-40(38)59(46)25-27)58-16-15-57(26-33(58)23-49-3)30-11-13-56(14-12-30)32-20-36(47)42(37(48)21-32)34-8-10-41(60)53-44(34)62/h7,9,18-22,24,27,30,33-34H,5-6,8,10-17,23,25-26H2,1-2,4H3,(H,52,54,61)(H,53,60,62)/t27-,33+,34-/m1/s1. The molecule has 3 atom stereocenters. The van der Waals surface area contributed by atoms with E-state index in [1.807, 2.05) is 24.9 Å². The Bertz CT molecular complexity index is 2610. The molecule has 63 heavy (non-hydrogen) atoms. The zero-order chi connectivity index (χ0) is 43.9. The quantitative estimate of drug-likeness (QED) is 0.158. The van der Waals surface area contributed by atoms with Gasteiger partial charge in [0.1, 0.15) is 17.7 Å². The van der Waals surface area contributed by atoms with E-state index in [1.54, 1.807) is 23.0 Å². The first-order valence-corrected chi connectivity index (χ1v) is 21.8. The minimum absolute atomic E-state index is 0.0399. The van der Waals surface area contributed by atoms with Crippen molar-refractivity contribution in [3.63, 3.8) is 0 Å². The van der Waals surface area contributed by atoms with Gasteiger partial charge in [0.15, 0.2) is 0 Å². The van der Waals surface area contributed by atoms with Gasteiger partial charge in [0.2, 0.25) is 30.2 Å². The van der Waals surface area contributed by atoms with Crippen LogP contribution in [0.5, 0.6) is 5.88 Å². The van der Waals surface area contributed by atoms with Gasteiger partial charge in [-0.1, -0.05) is 6.92 Å². The molecular formula is C46H51F2N11O4. The maximum Gasteiger partial charge on any atom is 0.258 e. The van der Waals surface area contributed by atoms with Crippen LogP contribution in [-0.4, -0.2) is 105 Å². The number of pyridine rings is 1. The molecule has 4 aliphatic heterocycles. The predicted octanol–water partition coefficient (Wildman–Crippen LogP) is 6.08. The van der Waals surface area contributed by atoms with Crippen molar-refractivity contribution in [1.29, 1.82) is 0 Å². The van der Waals surface area contributed by atoms with E-state index >= 15 is 8.78 Å². The number of anilines is 3. The highest BCUT2D eigenvalue weighted by molar-refractivity contribution is 6.05. The minimum Gasteiger partial charge on any atom is -0.477 e. The van der Waals surface area contributed by atoms with E-state index in [4.69, 9.17) is 21.3 Å². The van der Waals surface area contributed by atoms with Gasteiger partial charge in [0, 0.05) is 87.0 Å². The van der Waals surface area contributed by atoms with Gasteiger partial charge in [-0.15, -0.1) is 0 Å². The summed E-state index contributed by atoms with van der Waals surface area (Å²) in [4.78, 5) is 58.2. The molecule has 0 spiro atoms. The van der Waals surface area contributed by atoms with E-state index < -0.39 is 29.4 Å². The molecule has 7 heterocycles. The first-order chi connectivity index (χ1) is 30.4. The van der Waals surface area contributed by atoms with Crippen LogP contribution in [0.1, 0.15) is 73.0 Å². The van der Waals surface area contributed by atoms with E-state index in [0.29, 0.717) is 80.3 Å². The molecule has 0 saturated carbocycles. The Hall–Kier alpha value is -6.41. The van der Waals surface area contributed by atoms with Gasteiger partial charge in [0.05, 0.1) is 41.0 Å². The van der Waals surface area contributed by atoms with Crippen molar-refractivity contribution >= 4 is 46.1 Å². The average Bonchev–Trinajstić information content (AvgIpc) is 3.80. The number of carbonyl (C=O) groups excluding carboxylic acids is 3. The molecule has 2 N–H and O–H groups in total. The number of nitrogens with zero attached hydrogens (tertiary/aromatic N) is 9. The average molecular weight is 860 g/mol. The molecule has 2 aromatic carbocycles. The second kappa shape index (κ2) is 17.4. The number of aryl methyl sites for hydroxylation is 2. The number of hydrogen-bond donors (Lipinski definition) is 2. The third-order valence-electron chi connectivity index (χ3n) is 13.1. The second-order valence-corrected chi connectivity index (χ2v) is 17.4. The van der Waals surface area contributed by atoms with Gasteiger partial charge in [-0.05, 0) is 87.4 Å². The van der Waals surface area contributed by atoms with Crippen molar-refractivity contribution in [2.24, 2.45) is 13.0 Å². The Kier molecular flexibility index (Phi) is 11.6. The van der Waals surface area contributed by atoms with Crippen LogP contribution >= 0.6 is 0 Å². The molecule has 328 valence electrons. The molecule has 17 heteroatoms. The molecule has 4 aliphatic rings. The number of imide groups is 1. The zero-order valence-corrected chi connectivity index (χ0v) is 35.7. The van der Waals surface area contributed by atoms with Gasteiger partial charge >= 0.3 is 0 Å². The number of piperidine rings is 2. The SMILES string of the molecule is [C-]#[N+]C[C@H]1CN(C2CCN(c3cc(F)c([C@H]4CCC(=O)NC4=O)c(F)c3)CC2)CCN1c1ccc2nc3n(c2c1)C[C@H](C)CCCOc1c(cnn1C)-c1cc(cc(C)n1)C(=O)N3. The second-order valence-electron chi connectivity index (χ2n) is 17.4. The molecule has 5 aromatic rings. The topological polar surface area (TPSA) is 147 Å². The third-order valence-corrected chi connectivity index (χ3v) is 13.1. The van der Waals surface area contributed by atoms with Crippen molar-refractivity contribution < 1.29 is 27.9 Å². The molecule has 3 saturated heterocycles. The maximum absolute atomic E-state index is 15.4. The van der Waals surface area contributed by atoms with Gasteiger partial charge in [-0.2, -0.15) is 5.10 Å². The number of nitrogens with one attached hydrogen (secondary N) is 2. The van der Waals surface area contributed by atoms with E-state index in [2.05, 4.69) is 54.0 Å². The zero-order valence-electron chi connectivity index (χ0n) is 35.7. The fraction of sp³-hybridized carbons (Fsp3) is 0.457. The van der Waals surface area contributed by atoms with E-state index in [9.17, 15) is 14.4 Å². The largest absolute Gasteiger partial charge is 0.477 e. The number of hydrogen-bond acceptors (Lipinski definition) is 10. The summed E-state index contributed by atoms with van der Waals surface area (Å²) in [6.07, 6.45) is 5.10. The lowest BCUT2D eigenvalue weighted by molar-refractivity contribution is -0.134. The third kappa shape index (κ3) is 8.43. The monoisotopic (exact) mass is 859 g/mol. The number of aromatic nitrogens is 5. The normalized spacial score (nSPS) is 21.7. The summed E-state index contributed by atoms with van der Waals surface area (Å²) in [5.74, 6) is -2.69. The fourth-order valence-corrected chi connectivity index (χ4v) is 9.82. The number of imidazole rings is 1. The van der Waals surface area contributed by atoms with Gasteiger partial charge in [0.25, 0.3) is 5.91 Å². The van der Waals surface area contributed by atoms with Crippen molar-refractivity contribution in [2.45, 2.75) is 76.9 Å². The summed E-state index contributed by atoms with van der Waals surface area (Å²) in [5, 5.41) is 9.72. The number of piperazine rings is 1. The number of amides is 3. The Morgan fingerprint density at radius 1 is 0.921 bits per heavy atom. The molecule has 3 fully saturated rings. The van der Waals surface area contributed by atoms with E-state index in [0.717, 1.165) is 54.5 Å². The lowest BCUT2D eigenvalue weighted by Crippen LogP contribution is -2.58. The van der Waals surface area contributed by atoms with E-state index in [1.165, 1.54) is 12.1 Å². The molecule has 0 aliphatic carbocycles. The van der Waals surface area contributed by atoms with Gasteiger partial charge < -0.3 is 23.9 Å². The van der Waals surface area contributed by atoms with Crippen molar-refractivity contribution in [2.75, 3.05) is 61.0 Å². The van der Waals surface area contributed by atoms with Gasteiger partial charge in [-0.3, -0.25) is 34.9 Å². The summed E-state index contributed by atoms with van der Waals surface area (Å²) in [7, 11) is 1.83. The summed E-state index contributed by atoms with van der Waals surface area (Å²) < 4.78 is 40.8. The fourth-order valence-electron chi connectivity index (χ4n) is 9.82. The van der Waals surface area contributed by atoms with E-state index in [-0.39, 0.29) is 42.3 Å². The summed E-state index contributed by atoms with van der Waals surface area (Å²) in [5.41, 5.74) is 5.26. The minimum atomic E-state index is -1.04. The Morgan fingerprint density at radius 3 is 2.48 bits per heavy atom. The van der Waals surface area contributed by atoms with Crippen LogP contribution in [0.3, 0.4) is 0 Å². The molecule has 15 nitrogen and oxygen atoms in total. The number of carbonyl (C=O) groups is 3. The summed E-state index contributed by atoms with van der Waals surface area (Å²) in [6.45, 7) is 16.8. The van der Waals surface area contributed by atoms with Crippen molar-refractivity contribution in [3.05, 3.63) is 88.5 Å². The molecule has 3 aromatic heterocycles. The molecule has 3 amide bonds. The lowest BCUT2D eigenvalue weighted by atomic mass is 9.89. The number of benzene rings is 2. The summed E-state index contributed by atoms with van der Waals surface area (Å²) in [6, 6.07) is 12.5. The number of ether oxygens (including phenoxy) is 1. The highest BCUT2D eigenvalue weighted by atomic mass is 19.1. The predicted molar refractivity (Wildman–Crippen MR) is 234 cm³/mol.